The molecule has 0 spiro atoms. The number of halogens is 1. The van der Waals surface area contributed by atoms with E-state index in [-0.39, 0.29) is 54.1 Å². The molecule has 212 valence electrons. The van der Waals surface area contributed by atoms with Gasteiger partial charge in [0, 0.05) is 49.2 Å². The lowest BCUT2D eigenvalue weighted by Crippen LogP contribution is -2.67. The third kappa shape index (κ3) is 6.11. The molecule has 2 aromatic rings. The number of amides is 2. The van der Waals surface area contributed by atoms with Gasteiger partial charge in [0.05, 0.1) is 12.2 Å². The average Bonchev–Trinajstić information content (AvgIpc) is 2.90. The van der Waals surface area contributed by atoms with Crippen LogP contribution in [0.4, 0.5) is 4.39 Å². The summed E-state index contributed by atoms with van der Waals surface area (Å²) >= 11 is 0. The van der Waals surface area contributed by atoms with Crippen molar-refractivity contribution in [2.45, 2.75) is 63.4 Å². The third-order valence-corrected chi connectivity index (χ3v) is 7.33. The lowest BCUT2D eigenvalue weighted by atomic mass is 9.77. The molecule has 2 amide bonds. The van der Waals surface area contributed by atoms with E-state index in [0.29, 0.717) is 12.8 Å². The largest absolute Gasteiger partial charge is 0.488 e. The van der Waals surface area contributed by atoms with E-state index in [4.69, 9.17) is 17.3 Å². The number of nitrogens with zero attached hydrogens (tertiary/aromatic N) is 2. The van der Waals surface area contributed by atoms with Gasteiger partial charge in [0.25, 0.3) is 5.91 Å². The van der Waals surface area contributed by atoms with Gasteiger partial charge >= 0.3 is 0 Å². The first-order valence-corrected chi connectivity index (χ1v) is 13.0. The van der Waals surface area contributed by atoms with Crippen molar-refractivity contribution in [1.82, 2.24) is 15.1 Å². The van der Waals surface area contributed by atoms with E-state index in [1.807, 2.05) is 19.2 Å². The SMILES string of the molecule is [B]C(O)(c1c(C=O)cccc1OCc1cc(CN2CC(C)OC(C)C2)ccc1F)N(C)C1(O)CCC(=O)NC1=O. The van der Waals surface area contributed by atoms with Gasteiger partial charge in [-0.15, -0.1) is 0 Å². The first-order chi connectivity index (χ1) is 18.8. The molecule has 0 bridgehead atoms. The number of nitrogens with one attached hydrogen (secondary N) is 1. The monoisotopic (exact) mass is 553 g/mol. The Morgan fingerprint density at radius 3 is 2.62 bits per heavy atom. The van der Waals surface area contributed by atoms with Crippen molar-refractivity contribution < 1.29 is 38.5 Å². The molecule has 0 aromatic heterocycles. The number of imide groups is 1. The van der Waals surface area contributed by atoms with Gasteiger partial charge in [0.1, 0.15) is 31.6 Å². The summed E-state index contributed by atoms with van der Waals surface area (Å²) < 4.78 is 26.5. The second-order valence-electron chi connectivity index (χ2n) is 10.5. The number of morpholine rings is 1. The Kier molecular flexibility index (Phi) is 8.76. The summed E-state index contributed by atoms with van der Waals surface area (Å²) in [5.74, 6) is -2.21. The molecule has 0 aliphatic carbocycles. The number of ether oxygens (including phenoxy) is 2. The number of hydrogen-bond donors (Lipinski definition) is 3. The molecule has 2 radical (unpaired) electrons. The van der Waals surface area contributed by atoms with Crippen LogP contribution in [0.15, 0.2) is 36.4 Å². The molecule has 2 aliphatic rings. The predicted molar refractivity (Wildman–Crippen MR) is 143 cm³/mol. The Labute approximate surface area is 233 Å². The highest BCUT2D eigenvalue weighted by Crippen LogP contribution is 2.38. The van der Waals surface area contributed by atoms with Crippen molar-refractivity contribution in [3.63, 3.8) is 0 Å². The van der Waals surface area contributed by atoms with Crippen LogP contribution < -0.4 is 10.1 Å². The Morgan fingerprint density at radius 2 is 1.98 bits per heavy atom. The zero-order valence-electron chi connectivity index (χ0n) is 22.7. The molecule has 0 saturated carbocycles. The minimum Gasteiger partial charge on any atom is -0.488 e. The molecular formula is C28H33BFN3O7. The molecule has 10 nitrogen and oxygen atoms in total. The Hall–Kier alpha value is -3.16. The Balaban J connectivity index is 1.59. The first kappa shape index (κ1) is 29.8. The standard InChI is InChI=1S/C28H33BFN3O7/c1-17-12-33(13-18(2)40-17)14-19-7-8-22(30)21(11-19)16-39-23-6-4-5-20(15-34)25(23)28(29,38)32(3)27(37)10-9-24(35)31-26(27)36/h4-8,11,15,17-18,37-38H,9-10,12-14,16H2,1-3H3,(H,31,35,36). The minimum atomic E-state index is -2.61. The molecular weight excluding hydrogens is 520 g/mol. The molecule has 2 aliphatic heterocycles. The van der Waals surface area contributed by atoms with E-state index < -0.39 is 29.0 Å². The van der Waals surface area contributed by atoms with Gasteiger partial charge in [-0.1, -0.05) is 18.2 Å². The number of aldehydes is 1. The van der Waals surface area contributed by atoms with Gasteiger partial charge in [-0.05, 0) is 44.7 Å². The van der Waals surface area contributed by atoms with Crippen molar-refractivity contribution in [3.8, 4) is 5.75 Å². The fourth-order valence-corrected chi connectivity index (χ4v) is 5.28. The summed E-state index contributed by atoms with van der Waals surface area (Å²) in [6.45, 7) is 5.84. The zero-order valence-corrected chi connectivity index (χ0v) is 22.7. The lowest BCUT2D eigenvalue weighted by molar-refractivity contribution is -0.204. The maximum absolute atomic E-state index is 14.8. The fourth-order valence-electron chi connectivity index (χ4n) is 5.28. The highest BCUT2D eigenvalue weighted by atomic mass is 19.1. The summed E-state index contributed by atoms with van der Waals surface area (Å²) in [4.78, 5) is 39.0. The molecule has 2 saturated heterocycles. The molecule has 12 heteroatoms. The molecule has 4 unspecified atom stereocenters. The van der Waals surface area contributed by atoms with Gasteiger partial charge in [-0.2, -0.15) is 0 Å². The second-order valence-corrected chi connectivity index (χ2v) is 10.5. The van der Waals surface area contributed by atoms with E-state index in [0.717, 1.165) is 23.6 Å². The zero-order chi connectivity index (χ0) is 29.2. The average molecular weight is 553 g/mol. The van der Waals surface area contributed by atoms with E-state index in [9.17, 15) is 29.0 Å². The number of piperidine rings is 1. The quantitative estimate of drug-likeness (QED) is 0.181. The number of benzene rings is 2. The lowest BCUT2D eigenvalue weighted by Gasteiger charge is -2.46. The second kappa shape index (κ2) is 11.8. The molecule has 2 heterocycles. The van der Waals surface area contributed by atoms with Crippen LogP contribution in [-0.2, 0) is 33.1 Å². The summed E-state index contributed by atoms with van der Waals surface area (Å²) in [6.07, 6.45) is 0.0719. The van der Waals surface area contributed by atoms with Crippen molar-refractivity contribution in [3.05, 3.63) is 64.5 Å². The molecule has 2 fully saturated rings. The van der Waals surface area contributed by atoms with Crippen LogP contribution in [-0.4, -0.2) is 84.0 Å². The predicted octanol–water partition coefficient (Wildman–Crippen LogP) is 1.15. The maximum Gasteiger partial charge on any atom is 0.274 e. The van der Waals surface area contributed by atoms with Crippen molar-refractivity contribution >= 4 is 25.9 Å². The molecule has 4 rings (SSSR count). The summed E-state index contributed by atoms with van der Waals surface area (Å²) in [7, 11) is 7.43. The van der Waals surface area contributed by atoms with Crippen LogP contribution in [0, 0.1) is 5.82 Å². The van der Waals surface area contributed by atoms with Crippen molar-refractivity contribution in [2.75, 3.05) is 20.1 Å². The number of carbonyl (C=O) groups excluding carboxylic acids is 3. The summed E-state index contributed by atoms with van der Waals surface area (Å²) in [6, 6.07) is 9.05. The smallest absolute Gasteiger partial charge is 0.274 e. The summed E-state index contributed by atoms with van der Waals surface area (Å²) in [5, 5.41) is 24.5. The molecule has 40 heavy (non-hydrogen) atoms. The highest BCUT2D eigenvalue weighted by molar-refractivity contribution is 6.15. The molecule has 2 aromatic carbocycles. The number of carbonyl (C=O) groups is 3. The van der Waals surface area contributed by atoms with Gasteiger partial charge in [-0.3, -0.25) is 24.6 Å². The van der Waals surface area contributed by atoms with Crippen LogP contribution >= 0.6 is 0 Å². The van der Waals surface area contributed by atoms with Crippen LogP contribution in [0.5, 0.6) is 5.75 Å². The number of hydrogen-bond acceptors (Lipinski definition) is 9. The Bertz CT molecular complexity index is 1280. The van der Waals surface area contributed by atoms with Crippen LogP contribution in [0.3, 0.4) is 0 Å². The van der Waals surface area contributed by atoms with Crippen LogP contribution in [0.2, 0.25) is 0 Å². The normalized spacial score (nSPS) is 25.4. The fraction of sp³-hybridized carbons (Fsp3) is 0.464. The van der Waals surface area contributed by atoms with Crippen LogP contribution in [0.1, 0.15) is 53.7 Å². The maximum atomic E-state index is 14.8. The van der Waals surface area contributed by atoms with Crippen molar-refractivity contribution in [1.29, 1.82) is 0 Å². The van der Waals surface area contributed by atoms with Gasteiger partial charge in [0.2, 0.25) is 11.6 Å². The van der Waals surface area contributed by atoms with E-state index in [1.54, 1.807) is 12.1 Å². The molecule has 4 atom stereocenters. The van der Waals surface area contributed by atoms with Crippen molar-refractivity contribution in [2.24, 2.45) is 0 Å². The highest BCUT2D eigenvalue weighted by Gasteiger charge is 2.51. The number of aliphatic hydroxyl groups is 2. The number of rotatable bonds is 9. The van der Waals surface area contributed by atoms with E-state index in [1.165, 1.54) is 31.3 Å². The number of likely N-dealkylation sites (N-methyl/N-ethyl adjacent to an activating group) is 1. The Morgan fingerprint density at radius 1 is 1.27 bits per heavy atom. The molecule has 3 N–H and O–H groups in total. The van der Waals surface area contributed by atoms with Gasteiger partial charge in [-0.25, -0.2) is 9.29 Å². The topological polar surface area (TPSA) is 129 Å². The third-order valence-electron chi connectivity index (χ3n) is 7.33. The summed E-state index contributed by atoms with van der Waals surface area (Å²) in [5.41, 5.74) is -4.16. The van der Waals surface area contributed by atoms with Gasteiger partial charge in [0.15, 0.2) is 6.29 Å². The van der Waals surface area contributed by atoms with E-state index in [2.05, 4.69) is 4.90 Å². The van der Waals surface area contributed by atoms with Gasteiger partial charge < -0.3 is 19.7 Å². The minimum absolute atomic E-state index is 0.0574. The first-order valence-electron chi connectivity index (χ1n) is 13.0. The van der Waals surface area contributed by atoms with E-state index >= 15 is 0 Å². The van der Waals surface area contributed by atoms with Crippen LogP contribution in [0.25, 0.3) is 0 Å².